The summed E-state index contributed by atoms with van der Waals surface area (Å²) >= 11 is 11.8. The number of nitrogens with zero attached hydrogens (tertiary/aromatic N) is 11. The molecule has 0 radical (unpaired) electrons. The Morgan fingerprint density at radius 1 is 0.714 bits per heavy atom. The van der Waals surface area contributed by atoms with Crippen LogP contribution in [0.25, 0.3) is 0 Å². The number of rotatable bonds is 10. The fourth-order valence-corrected chi connectivity index (χ4v) is 6.13. The van der Waals surface area contributed by atoms with Crippen LogP contribution in [0.2, 0.25) is 10.3 Å². The maximum Gasteiger partial charge on any atom is 0.280 e. The Bertz CT molecular complexity index is 1880. The fraction of sp³-hybridized carbons (Fsp3) is 0.500. The van der Waals surface area contributed by atoms with Crippen molar-refractivity contribution in [3.63, 3.8) is 0 Å². The maximum atomic E-state index is 12.7. The summed E-state index contributed by atoms with van der Waals surface area (Å²) in [5.41, 5.74) is 41.0. The molecule has 0 bridgehead atoms. The Labute approximate surface area is 334 Å². The van der Waals surface area contributed by atoms with E-state index in [9.17, 15) is 9.59 Å². The molecule has 0 spiro atoms. The van der Waals surface area contributed by atoms with E-state index < -0.39 is 11.8 Å². The summed E-state index contributed by atoms with van der Waals surface area (Å²) in [6.45, 7) is 12.1. The highest BCUT2D eigenvalue weighted by Crippen LogP contribution is 2.22. The predicted octanol–water partition coefficient (Wildman–Crippen LogP) is -0.116. The van der Waals surface area contributed by atoms with Crippen LogP contribution in [-0.4, -0.2) is 122 Å². The Kier molecular flexibility index (Phi) is 15.0. The molecule has 304 valence electrons. The number of anilines is 4. The van der Waals surface area contributed by atoms with Crippen molar-refractivity contribution in [1.82, 2.24) is 45.3 Å². The van der Waals surface area contributed by atoms with Gasteiger partial charge in [0.05, 0.1) is 12.1 Å². The number of hydrogen-bond acceptors (Lipinski definition) is 14. The molecular formula is C32H50Cl2N20O2. The number of piperidine rings is 2. The molecule has 0 saturated carbocycles. The van der Waals surface area contributed by atoms with E-state index in [1.807, 2.05) is 14.7 Å². The normalized spacial score (nSPS) is 16.5. The lowest BCUT2D eigenvalue weighted by atomic mass is 10.1. The molecule has 2 fully saturated rings. The number of amides is 2. The number of likely N-dealkylation sites (tertiary alicyclic amines) is 2. The molecule has 4 rings (SSSR count). The zero-order valence-corrected chi connectivity index (χ0v) is 32.9. The van der Waals surface area contributed by atoms with Gasteiger partial charge in [-0.05, 0) is 38.5 Å². The average molecular weight is 818 g/mol. The topological polar surface area (TPSA) is 351 Å². The number of hydrogen-bond donors (Lipinski definition) is 9. The summed E-state index contributed by atoms with van der Waals surface area (Å²) in [7, 11) is 0. The van der Waals surface area contributed by atoms with Crippen LogP contribution in [-0.2, 0) is 0 Å². The number of aromatic nitrogens is 4. The number of nitrogen functional groups attached to an aromatic ring is 4. The molecule has 2 amide bonds. The molecule has 4 heterocycles. The molecule has 2 saturated heterocycles. The van der Waals surface area contributed by atoms with E-state index in [0.717, 1.165) is 25.9 Å². The zero-order valence-electron chi connectivity index (χ0n) is 31.4. The summed E-state index contributed by atoms with van der Waals surface area (Å²) in [5, 5.41) is 4.64. The van der Waals surface area contributed by atoms with E-state index in [-0.39, 0.29) is 69.0 Å². The minimum Gasteiger partial charge on any atom is -0.382 e. The lowest BCUT2D eigenvalue weighted by Crippen LogP contribution is -2.44. The van der Waals surface area contributed by atoms with Crippen molar-refractivity contribution >= 4 is 82.1 Å². The van der Waals surface area contributed by atoms with Crippen LogP contribution in [0.5, 0.6) is 0 Å². The lowest BCUT2D eigenvalue weighted by molar-refractivity contribution is 0.0963. The van der Waals surface area contributed by atoms with E-state index in [2.05, 4.69) is 61.0 Å². The van der Waals surface area contributed by atoms with Gasteiger partial charge in [0.15, 0.2) is 62.8 Å². The molecule has 0 unspecified atom stereocenters. The van der Waals surface area contributed by atoms with Gasteiger partial charge in [-0.25, -0.2) is 29.9 Å². The van der Waals surface area contributed by atoms with Gasteiger partial charge < -0.3 is 54.8 Å². The van der Waals surface area contributed by atoms with Crippen molar-refractivity contribution in [2.75, 3.05) is 62.2 Å². The van der Waals surface area contributed by atoms with Gasteiger partial charge in [0.1, 0.15) is 5.82 Å². The number of halogens is 2. The first-order valence-corrected chi connectivity index (χ1v) is 18.7. The second-order valence-electron chi connectivity index (χ2n) is 12.9. The summed E-state index contributed by atoms with van der Waals surface area (Å²) in [6, 6.07) is -0.392. The third kappa shape index (κ3) is 11.6. The predicted molar refractivity (Wildman–Crippen MR) is 219 cm³/mol. The second kappa shape index (κ2) is 19.6. The van der Waals surface area contributed by atoms with Gasteiger partial charge in [0.25, 0.3) is 11.8 Å². The van der Waals surface area contributed by atoms with Crippen LogP contribution in [0.15, 0.2) is 32.4 Å². The second-order valence-corrected chi connectivity index (χ2v) is 13.6. The first-order chi connectivity index (χ1) is 26.6. The SMILES string of the molecule is C=C(N=C(N=C(N)N(CCC)CCC)N1CCC(N=C(N)NC(=O)c2nc(Cl)c(N)nc2N)CC1)N1CCC(N=C(N)NC(=O)c2nc(Cl)c(N)nc2N)CC1. The minimum atomic E-state index is -0.718. The van der Waals surface area contributed by atoms with Gasteiger partial charge in [0.2, 0.25) is 5.96 Å². The van der Waals surface area contributed by atoms with Crippen LogP contribution < -0.4 is 50.8 Å². The molecule has 24 heteroatoms. The summed E-state index contributed by atoms with van der Waals surface area (Å²) in [5.74, 6) is -0.930. The first kappa shape index (κ1) is 42.8. The molecule has 2 aliphatic heterocycles. The lowest BCUT2D eigenvalue weighted by Gasteiger charge is -2.34. The molecule has 0 aromatic carbocycles. The number of carbonyl (C=O) groups excluding carboxylic acids is 2. The molecule has 22 nitrogen and oxygen atoms in total. The molecule has 2 aliphatic rings. The van der Waals surface area contributed by atoms with Crippen LogP contribution in [0.3, 0.4) is 0 Å². The smallest absolute Gasteiger partial charge is 0.280 e. The average Bonchev–Trinajstić information content (AvgIpc) is 3.14. The number of nitrogens with two attached hydrogens (primary N) is 7. The molecule has 16 N–H and O–H groups in total. The Balaban J connectivity index is 1.41. The van der Waals surface area contributed by atoms with E-state index in [1.165, 1.54) is 0 Å². The van der Waals surface area contributed by atoms with Gasteiger partial charge in [-0.1, -0.05) is 43.6 Å². The Hall–Kier alpha value is -5.90. The van der Waals surface area contributed by atoms with E-state index in [0.29, 0.717) is 69.6 Å². The van der Waals surface area contributed by atoms with Crippen LogP contribution in [0, 0.1) is 0 Å². The Morgan fingerprint density at radius 2 is 1.12 bits per heavy atom. The van der Waals surface area contributed by atoms with Gasteiger partial charge in [-0.3, -0.25) is 20.2 Å². The summed E-state index contributed by atoms with van der Waals surface area (Å²) < 4.78 is 0. The molecule has 0 aliphatic carbocycles. The third-order valence-electron chi connectivity index (χ3n) is 8.70. The molecule has 0 atom stereocenters. The summed E-state index contributed by atoms with van der Waals surface area (Å²) in [6.07, 6.45) is 4.15. The number of aliphatic imine (C=N–C) groups is 4. The molecular weight excluding hydrogens is 767 g/mol. The molecule has 2 aromatic heterocycles. The molecule has 2 aromatic rings. The number of nitrogens with one attached hydrogen (secondary N) is 2. The highest BCUT2D eigenvalue weighted by molar-refractivity contribution is 6.32. The fourth-order valence-electron chi connectivity index (χ4n) is 5.88. The van der Waals surface area contributed by atoms with E-state index in [1.54, 1.807) is 0 Å². The van der Waals surface area contributed by atoms with Crippen molar-refractivity contribution in [3.8, 4) is 0 Å². The van der Waals surface area contributed by atoms with Crippen molar-refractivity contribution in [3.05, 3.63) is 34.1 Å². The first-order valence-electron chi connectivity index (χ1n) is 17.9. The maximum absolute atomic E-state index is 12.7. The van der Waals surface area contributed by atoms with E-state index >= 15 is 0 Å². The van der Waals surface area contributed by atoms with Gasteiger partial charge >= 0.3 is 0 Å². The molecule has 56 heavy (non-hydrogen) atoms. The highest BCUT2D eigenvalue weighted by atomic mass is 35.5. The largest absolute Gasteiger partial charge is 0.382 e. The third-order valence-corrected chi connectivity index (χ3v) is 9.25. The zero-order chi connectivity index (χ0) is 41.1. The van der Waals surface area contributed by atoms with Crippen LogP contribution >= 0.6 is 23.2 Å². The Morgan fingerprint density at radius 3 is 1.54 bits per heavy atom. The highest BCUT2D eigenvalue weighted by Gasteiger charge is 2.26. The van der Waals surface area contributed by atoms with Crippen molar-refractivity contribution in [2.24, 2.45) is 37.2 Å². The number of carbonyl (C=O) groups is 2. The van der Waals surface area contributed by atoms with Gasteiger partial charge in [0, 0.05) is 39.3 Å². The van der Waals surface area contributed by atoms with Gasteiger partial charge in [-0.15, -0.1) is 0 Å². The van der Waals surface area contributed by atoms with E-state index in [4.69, 9.17) is 73.3 Å². The van der Waals surface area contributed by atoms with Crippen molar-refractivity contribution in [1.29, 1.82) is 0 Å². The van der Waals surface area contributed by atoms with Crippen LogP contribution in [0.1, 0.15) is 73.3 Å². The quantitative estimate of drug-likeness (QED) is 0.111. The number of guanidine groups is 4. The standard InChI is InChI=1S/C32H50Cl2N20O2/c1-4-10-53(11-5-2)31(41)51-32(54-14-8-18(9-15-54)44-30(40)50-28(56)20-24(36)48-26(38)22(34)46-20)42-16(3)52-12-6-17(7-13-52)43-29(39)49-27(55)19-23(35)47-25(37)21(33)45-19/h17-18H,3-15H2,1-2H3,(H4,35,37,47)(H4,36,38,48)(H2,41,42,51)(H3,39,43,49,55)(H3,40,44,50,56). The van der Waals surface area contributed by atoms with Crippen LogP contribution in [0.4, 0.5) is 23.3 Å². The van der Waals surface area contributed by atoms with Crippen molar-refractivity contribution in [2.45, 2.75) is 64.5 Å². The monoisotopic (exact) mass is 816 g/mol. The minimum absolute atomic E-state index is 0.0943. The summed E-state index contributed by atoms with van der Waals surface area (Å²) in [4.78, 5) is 65.5. The van der Waals surface area contributed by atoms with Crippen molar-refractivity contribution < 1.29 is 9.59 Å². The van der Waals surface area contributed by atoms with Gasteiger partial charge in [-0.2, -0.15) is 9.98 Å².